The smallest absolute Gasteiger partial charge is 0.413 e. The molecule has 306 valence electrons. The topological polar surface area (TPSA) is 110 Å². The Kier molecular flexibility index (Phi) is 16.8. The predicted octanol–water partition coefficient (Wildman–Crippen LogP) is 12.3. The van der Waals surface area contributed by atoms with E-state index < -0.39 is 6.09 Å². The van der Waals surface area contributed by atoms with Crippen LogP contribution in [0.2, 0.25) is 0 Å². The Balaban J connectivity index is 1.19. The van der Waals surface area contributed by atoms with Crippen LogP contribution in [0.1, 0.15) is 147 Å². The summed E-state index contributed by atoms with van der Waals surface area (Å²) in [6.07, 6.45) is 16.9. The Morgan fingerprint density at radius 3 is 1.98 bits per heavy atom. The lowest BCUT2D eigenvalue weighted by molar-refractivity contribution is -0.121. The zero-order chi connectivity index (χ0) is 40.5. The Morgan fingerprint density at radius 2 is 1.32 bits per heavy atom. The normalized spacial score (nSPS) is 11.6. The Morgan fingerprint density at radius 1 is 0.702 bits per heavy atom. The second-order valence-corrected chi connectivity index (χ2v) is 16.5. The summed E-state index contributed by atoms with van der Waals surface area (Å²) in [6, 6.07) is 24.3. The number of nitrogens with one attached hydrogen (secondary N) is 3. The number of ether oxygens (including phenoxy) is 1. The molecule has 3 aromatic carbocycles. The van der Waals surface area contributed by atoms with Gasteiger partial charge in [0.2, 0.25) is 5.91 Å². The Hall–Kier alpha value is -4.92. The maximum atomic E-state index is 13.2. The second-order valence-electron chi connectivity index (χ2n) is 16.5. The number of amides is 2. The van der Waals surface area contributed by atoms with Crippen LogP contribution in [0.15, 0.2) is 72.8 Å². The zero-order valence-electron chi connectivity index (χ0n) is 35.2. The van der Waals surface area contributed by atoms with Crippen molar-refractivity contribution in [3.8, 4) is 0 Å². The fourth-order valence-electron chi connectivity index (χ4n) is 7.25. The third-order valence-corrected chi connectivity index (χ3v) is 10.3. The molecule has 0 saturated heterocycles. The molecule has 2 heterocycles. The van der Waals surface area contributed by atoms with Gasteiger partial charge in [0.05, 0.1) is 11.0 Å². The average Bonchev–Trinajstić information content (AvgIpc) is 3.56. The van der Waals surface area contributed by atoms with Crippen LogP contribution in [0.4, 0.5) is 16.3 Å². The van der Waals surface area contributed by atoms with E-state index in [2.05, 4.69) is 85.5 Å². The third-order valence-electron chi connectivity index (χ3n) is 10.3. The molecule has 0 aliphatic heterocycles. The van der Waals surface area contributed by atoms with Crippen molar-refractivity contribution in [1.29, 1.82) is 0 Å². The number of carbonyl (C=O) groups is 2. The molecular formula is C48H66N6O3. The van der Waals surface area contributed by atoms with Crippen LogP contribution in [-0.2, 0) is 35.6 Å². The Bertz CT molecular complexity index is 2000. The number of imidazole rings is 1. The van der Waals surface area contributed by atoms with Crippen LogP contribution in [0.3, 0.4) is 0 Å². The number of nitrogens with zero attached hydrogens (tertiary/aromatic N) is 3. The number of para-hydroxylation sites is 1. The molecule has 0 unspecified atom stereocenters. The third kappa shape index (κ3) is 13.9. The van der Waals surface area contributed by atoms with Crippen LogP contribution in [0.5, 0.6) is 0 Å². The molecule has 0 fully saturated rings. The van der Waals surface area contributed by atoms with Crippen molar-refractivity contribution in [1.82, 2.24) is 19.9 Å². The highest BCUT2D eigenvalue weighted by molar-refractivity contribution is 6.09. The van der Waals surface area contributed by atoms with Gasteiger partial charge in [-0.1, -0.05) is 139 Å². The quantitative estimate of drug-likeness (QED) is 0.0570. The van der Waals surface area contributed by atoms with Crippen molar-refractivity contribution in [2.24, 2.45) is 0 Å². The van der Waals surface area contributed by atoms with Gasteiger partial charge in [-0.05, 0) is 68.5 Å². The van der Waals surface area contributed by atoms with E-state index in [-0.39, 0.29) is 18.1 Å². The van der Waals surface area contributed by atoms with Gasteiger partial charge < -0.3 is 19.9 Å². The van der Waals surface area contributed by atoms with Crippen molar-refractivity contribution in [3.05, 3.63) is 95.3 Å². The number of fused-ring (bicyclic) bond motifs is 3. The van der Waals surface area contributed by atoms with Crippen molar-refractivity contribution in [3.63, 3.8) is 0 Å². The van der Waals surface area contributed by atoms with Gasteiger partial charge in [-0.15, -0.1) is 0 Å². The highest BCUT2D eigenvalue weighted by atomic mass is 16.5. The Labute approximate surface area is 340 Å². The number of pyridine rings is 1. The second kappa shape index (κ2) is 22.1. The number of unbranched alkanes of at least 4 members (excludes halogenated alkanes) is 11. The fraction of sp³-hybridized carbons (Fsp3) is 0.500. The summed E-state index contributed by atoms with van der Waals surface area (Å²) in [6.45, 7) is 12.0. The molecule has 3 N–H and O–H groups in total. The zero-order valence-corrected chi connectivity index (χ0v) is 35.2. The van der Waals surface area contributed by atoms with E-state index in [1.807, 2.05) is 42.5 Å². The van der Waals surface area contributed by atoms with Gasteiger partial charge in [-0.25, -0.2) is 14.8 Å². The van der Waals surface area contributed by atoms with Crippen LogP contribution in [0.25, 0.3) is 21.9 Å². The van der Waals surface area contributed by atoms with E-state index >= 15 is 0 Å². The number of carbonyl (C=O) groups excluding carboxylic acids is 2. The molecule has 5 aromatic rings. The van der Waals surface area contributed by atoms with Gasteiger partial charge in [0.15, 0.2) is 5.82 Å². The summed E-state index contributed by atoms with van der Waals surface area (Å²) in [4.78, 5) is 35.8. The molecule has 0 bridgehead atoms. The first-order chi connectivity index (χ1) is 27.6. The maximum Gasteiger partial charge on any atom is 0.413 e. The molecule has 57 heavy (non-hydrogen) atoms. The first kappa shape index (κ1) is 43.2. The minimum Gasteiger partial charge on any atom is -0.444 e. The molecule has 5 rings (SSSR count). The summed E-state index contributed by atoms with van der Waals surface area (Å²) < 4.78 is 7.93. The van der Waals surface area contributed by atoms with Crippen LogP contribution >= 0.6 is 0 Å². The first-order valence-corrected chi connectivity index (χ1v) is 21.6. The van der Waals surface area contributed by atoms with Gasteiger partial charge in [0.1, 0.15) is 17.9 Å². The minimum absolute atomic E-state index is 0.0459. The molecule has 0 aliphatic carbocycles. The molecular weight excluding hydrogens is 709 g/mol. The molecule has 9 nitrogen and oxygen atoms in total. The van der Waals surface area contributed by atoms with Gasteiger partial charge in [-0.2, -0.15) is 0 Å². The SMILES string of the molecule is CCCCCCCCCCCCCC(=O)NCc1ccc(Cn2c(CCCC)nc3c(NC(=O)OCc4ccc(NC(C)(C)C)cc4)nc4ccccc4c32)cc1. The summed E-state index contributed by atoms with van der Waals surface area (Å²) >= 11 is 0. The molecule has 2 aromatic heterocycles. The van der Waals surface area contributed by atoms with Gasteiger partial charge in [-0.3, -0.25) is 10.1 Å². The predicted molar refractivity (Wildman–Crippen MR) is 236 cm³/mol. The molecule has 0 spiro atoms. The highest BCUT2D eigenvalue weighted by Crippen LogP contribution is 2.32. The lowest BCUT2D eigenvalue weighted by Gasteiger charge is -2.22. The molecule has 9 heteroatoms. The largest absolute Gasteiger partial charge is 0.444 e. The number of aryl methyl sites for hydroxylation is 1. The van der Waals surface area contributed by atoms with Crippen LogP contribution in [-0.4, -0.2) is 32.1 Å². The number of benzene rings is 3. The van der Waals surface area contributed by atoms with Gasteiger partial charge >= 0.3 is 6.09 Å². The maximum absolute atomic E-state index is 13.2. The number of hydrogen-bond acceptors (Lipinski definition) is 6. The molecule has 0 saturated carbocycles. The standard InChI is InChI=1S/C48H66N6O3/c1-6-8-10-11-12-13-14-15-16-17-18-24-43(55)49-33-36-25-27-37(28-26-36)34-54-42(23-9-7-2)51-44-45(54)40-21-19-20-22-41(40)50-46(44)52-47(56)57-35-38-29-31-39(32-30-38)53-48(3,4)5/h19-22,25-32,53H,6-18,23-24,33-35H2,1-5H3,(H,49,55)(H,50,52,56). The van der Waals surface area contributed by atoms with E-state index in [1.54, 1.807) is 0 Å². The lowest BCUT2D eigenvalue weighted by atomic mass is 10.1. The lowest BCUT2D eigenvalue weighted by Crippen LogP contribution is -2.25. The van der Waals surface area contributed by atoms with Gasteiger partial charge in [0, 0.05) is 42.5 Å². The monoisotopic (exact) mass is 775 g/mol. The fourth-order valence-corrected chi connectivity index (χ4v) is 7.25. The summed E-state index contributed by atoms with van der Waals surface area (Å²) in [5.41, 5.74) is 6.40. The summed E-state index contributed by atoms with van der Waals surface area (Å²) in [5, 5.41) is 10.5. The average molecular weight is 775 g/mol. The van der Waals surface area contributed by atoms with E-state index in [0.717, 1.165) is 76.7 Å². The summed E-state index contributed by atoms with van der Waals surface area (Å²) in [5.74, 6) is 1.45. The molecule has 0 atom stereocenters. The highest BCUT2D eigenvalue weighted by Gasteiger charge is 2.20. The van der Waals surface area contributed by atoms with Gasteiger partial charge in [0.25, 0.3) is 0 Å². The number of hydrogen-bond donors (Lipinski definition) is 3. The molecule has 2 amide bonds. The van der Waals surface area contributed by atoms with Crippen molar-refractivity contribution in [2.45, 2.75) is 156 Å². The van der Waals surface area contributed by atoms with E-state index in [9.17, 15) is 9.59 Å². The van der Waals surface area contributed by atoms with Crippen molar-refractivity contribution < 1.29 is 14.3 Å². The first-order valence-electron chi connectivity index (χ1n) is 21.6. The van der Waals surface area contributed by atoms with E-state index in [4.69, 9.17) is 14.7 Å². The van der Waals surface area contributed by atoms with Crippen molar-refractivity contribution >= 4 is 45.4 Å². The number of aromatic nitrogens is 3. The minimum atomic E-state index is -0.581. The number of anilines is 2. The van der Waals surface area contributed by atoms with E-state index in [0.29, 0.717) is 30.8 Å². The molecule has 0 aliphatic rings. The van der Waals surface area contributed by atoms with Crippen molar-refractivity contribution in [2.75, 3.05) is 10.6 Å². The van der Waals surface area contributed by atoms with E-state index in [1.165, 1.54) is 57.8 Å². The summed E-state index contributed by atoms with van der Waals surface area (Å²) in [7, 11) is 0. The van der Waals surface area contributed by atoms with Crippen LogP contribution < -0.4 is 16.0 Å². The molecule has 0 radical (unpaired) electrons. The number of rotatable bonds is 23. The van der Waals surface area contributed by atoms with Crippen LogP contribution in [0, 0.1) is 0 Å².